The van der Waals surface area contributed by atoms with Gasteiger partial charge >= 0.3 is 24.1 Å². The van der Waals surface area contributed by atoms with E-state index in [2.05, 4.69) is 31.6 Å². The fourth-order valence-electron chi connectivity index (χ4n) is 3.14. The summed E-state index contributed by atoms with van der Waals surface area (Å²) in [5.74, 6) is -6.14. The van der Waals surface area contributed by atoms with Gasteiger partial charge in [0.25, 0.3) is 5.91 Å². The molecule has 1 aromatic heterocycles. The number of aromatic nitrogens is 1. The molecule has 0 saturated carbocycles. The molecule has 14 nitrogen and oxygen atoms in total. The van der Waals surface area contributed by atoms with Crippen molar-refractivity contribution >= 4 is 64.6 Å². The molecule has 1 atom stereocenters. The van der Waals surface area contributed by atoms with Crippen molar-refractivity contribution in [3.05, 3.63) is 82.9 Å². The van der Waals surface area contributed by atoms with E-state index < -0.39 is 60.9 Å². The van der Waals surface area contributed by atoms with E-state index in [9.17, 15) is 37.1 Å². The van der Waals surface area contributed by atoms with E-state index in [1.165, 1.54) is 5.38 Å². The molecule has 0 saturated heterocycles. The molecule has 0 spiro atoms. The van der Waals surface area contributed by atoms with E-state index in [0.29, 0.717) is 6.54 Å². The standard InChI is InChI=1S/C25H26N6O6S.C2HF3O2.ClH/c32-20(29-18(11-21(33)34)22(35)26-12-16-7-3-1-4-8-16)14-27-23(36)19-15-38-25(30-19)31-24(37)28-13-17-9-5-2-6-10-17;3-2(4,5)1(6)7;/h1-10,15,18H,11-14H2,(H,26,35)(H,27,36)(H,29,32)(H,33,34)(H2,28,30,31,37);(H,6,7);1H/t18-;;/m0../s1. The predicted octanol–water partition coefficient (Wildman–Crippen LogP) is 2.53. The van der Waals surface area contributed by atoms with Gasteiger partial charge < -0.3 is 31.5 Å². The predicted molar refractivity (Wildman–Crippen MR) is 160 cm³/mol. The molecule has 0 fully saturated rings. The molecule has 19 heteroatoms. The van der Waals surface area contributed by atoms with Crippen LogP contribution >= 0.6 is 23.7 Å². The third kappa shape index (κ3) is 15.0. The topological polar surface area (TPSA) is 216 Å². The maximum atomic E-state index is 12.4. The second-order valence-corrected chi connectivity index (χ2v) is 9.60. The van der Waals surface area contributed by atoms with Crippen molar-refractivity contribution in [3.8, 4) is 0 Å². The molecule has 3 rings (SSSR count). The molecule has 0 radical (unpaired) electrons. The number of anilines is 1. The van der Waals surface area contributed by atoms with Crippen LogP contribution in [0, 0.1) is 0 Å². The second-order valence-electron chi connectivity index (χ2n) is 8.74. The first-order chi connectivity index (χ1) is 21.2. The molecule has 5 amide bonds. The lowest BCUT2D eigenvalue weighted by atomic mass is 10.1. The zero-order chi connectivity index (χ0) is 33.4. The lowest BCUT2D eigenvalue weighted by Crippen LogP contribution is -2.50. The number of hydrogen-bond acceptors (Lipinski definition) is 8. The first-order valence-corrected chi connectivity index (χ1v) is 13.6. The van der Waals surface area contributed by atoms with E-state index in [1.807, 2.05) is 36.4 Å². The number of alkyl halides is 3. The van der Waals surface area contributed by atoms with Crippen LogP contribution in [0.2, 0.25) is 0 Å². The Kier molecular flexibility index (Phi) is 16.2. The van der Waals surface area contributed by atoms with Crippen molar-refractivity contribution in [2.24, 2.45) is 0 Å². The van der Waals surface area contributed by atoms with Gasteiger partial charge in [-0.05, 0) is 11.1 Å². The smallest absolute Gasteiger partial charge is 0.481 e. The highest BCUT2D eigenvalue weighted by atomic mass is 35.5. The van der Waals surface area contributed by atoms with E-state index in [-0.39, 0.29) is 29.8 Å². The number of halogens is 4. The highest BCUT2D eigenvalue weighted by Crippen LogP contribution is 2.15. The number of carbonyl (C=O) groups is 6. The van der Waals surface area contributed by atoms with Gasteiger partial charge in [-0.3, -0.25) is 24.5 Å². The van der Waals surface area contributed by atoms with Crippen LogP contribution < -0.4 is 26.6 Å². The van der Waals surface area contributed by atoms with E-state index in [1.54, 1.807) is 24.3 Å². The van der Waals surface area contributed by atoms with Gasteiger partial charge in [-0.25, -0.2) is 14.6 Å². The number of hydrogen-bond donors (Lipinski definition) is 7. The number of carboxylic acids is 2. The summed E-state index contributed by atoms with van der Waals surface area (Å²) in [4.78, 5) is 73.3. The third-order valence-corrected chi connectivity index (χ3v) is 6.00. The maximum absolute atomic E-state index is 12.4. The Hall–Kier alpha value is -5.23. The van der Waals surface area contributed by atoms with Crippen LogP contribution in [0.15, 0.2) is 66.0 Å². The lowest BCUT2D eigenvalue weighted by molar-refractivity contribution is -0.192. The Bertz CT molecular complexity index is 1480. The largest absolute Gasteiger partial charge is 0.490 e. The van der Waals surface area contributed by atoms with Crippen LogP contribution in [0.4, 0.5) is 23.1 Å². The van der Waals surface area contributed by atoms with Crippen molar-refractivity contribution in [2.75, 3.05) is 11.9 Å². The fraction of sp³-hybridized carbons (Fsp3) is 0.222. The minimum Gasteiger partial charge on any atom is -0.481 e. The summed E-state index contributed by atoms with van der Waals surface area (Å²) in [5.41, 5.74) is 1.70. The Morgan fingerprint density at radius 3 is 1.85 bits per heavy atom. The highest BCUT2D eigenvalue weighted by molar-refractivity contribution is 7.14. The van der Waals surface area contributed by atoms with Gasteiger partial charge in [0.15, 0.2) is 5.13 Å². The third-order valence-electron chi connectivity index (χ3n) is 5.25. The number of carbonyl (C=O) groups excluding carboxylic acids is 4. The Morgan fingerprint density at radius 1 is 0.826 bits per heavy atom. The Labute approximate surface area is 269 Å². The Balaban J connectivity index is 0.00000119. The van der Waals surface area contributed by atoms with Crippen LogP contribution in [0.5, 0.6) is 0 Å². The number of urea groups is 1. The SMILES string of the molecule is Cl.O=C(O)C(F)(F)F.O=C(O)C[C@H](NC(=O)CNC(=O)c1csc(NC(=O)NCc2ccccc2)n1)C(=O)NCc1ccccc1. The van der Waals surface area contributed by atoms with Gasteiger partial charge in [0.1, 0.15) is 11.7 Å². The molecule has 2 aromatic carbocycles. The fourth-order valence-corrected chi connectivity index (χ4v) is 3.83. The van der Waals surface area contributed by atoms with Crippen molar-refractivity contribution in [2.45, 2.75) is 31.7 Å². The van der Waals surface area contributed by atoms with Crippen molar-refractivity contribution in [1.82, 2.24) is 26.3 Å². The van der Waals surface area contributed by atoms with Crippen molar-refractivity contribution in [1.29, 1.82) is 0 Å². The van der Waals surface area contributed by atoms with Gasteiger partial charge in [-0.1, -0.05) is 60.7 Å². The number of aliphatic carboxylic acids is 2. The number of thiazole rings is 1. The van der Waals surface area contributed by atoms with Gasteiger partial charge in [0, 0.05) is 18.5 Å². The van der Waals surface area contributed by atoms with Crippen molar-refractivity contribution in [3.63, 3.8) is 0 Å². The van der Waals surface area contributed by atoms with Gasteiger partial charge in [-0.2, -0.15) is 13.2 Å². The quantitative estimate of drug-likeness (QED) is 0.149. The monoisotopic (exact) mass is 688 g/mol. The molecular weight excluding hydrogens is 661 g/mol. The summed E-state index contributed by atoms with van der Waals surface area (Å²) >= 11 is 1.02. The lowest BCUT2D eigenvalue weighted by Gasteiger charge is -2.17. The summed E-state index contributed by atoms with van der Waals surface area (Å²) in [6.45, 7) is -0.0424. The number of carboxylic acid groups (broad SMARTS) is 2. The number of amides is 5. The summed E-state index contributed by atoms with van der Waals surface area (Å²) in [5, 5.41) is 30.3. The summed E-state index contributed by atoms with van der Waals surface area (Å²) in [7, 11) is 0. The molecule has 46 heavy (non-hydrogen) atoms. The highest BCUT2D eigenvalue weighted by Gasteiger charge is 2.38. The average molecular weight is 689 g/mol. The zero-order valence-corrected chi connectivity index (χ0v) is 25.1. The van der Waals surface area contributed by atoms with Crippen LogP contribution in [0.3, 0.4) is 0 Å². The molecule has 3 aromatic rings. The van der Waals surface area contributed by atoms with E-state index >= 15 is 0 Å². The zero-order valence-electron chi connectivity index (χ0n) is 23.5. The second kappa shape index (κ2) is 19.2. The van der Waals surface area contributed by atoms with Crippen LogP contribution in [0.1, 0.15) is 28.0 Å². The minimum absolute atomic E-state index is 0. The Morgan fingerprint density at radius 2 is 1.35 bits per heavy atom. The van der Waals surface area contributed by atoms with E-state index in [0.717, 1.165) is 22.5 Å². The number of rotatable bonds is 12. The summed E-state index contributed by atoms with van der Waals surface area (Å²) in [6.07, 6.45) is -5.71. The molecule has 0 aliphatic heterocycles. The van der Waals surface area contributed by atoms with Crippen LogP contribution in [0.25, 0.3) is 0 Å². The maximum Gasteiger partial charge on any atom is 0.490 e. The summed E-state index contributed by atoms with van der Waals surface area (Å²) < 4.78 is 31.7. The first-order valence-electron chi connectivity index (χ1n) is 12.7. The molecule has 0 unspecified atom stereocenters. The summed E-state index contributed by atoms with van der Waals surface area (Å²) in [6, 6.07) is 16.5. The van der Waals surface area contributed by atoms with E-state index in [4.69, 9.17) is 15.0 Å². The van der Waals surface area contributed by atoms with Crippen LogP contribution in [-0.2, 0) is 32.3 Å². The molecule has 7 N–H and O–H groups in total. The van der Waals surface area contributed by atoms with Gasteiger partial charge in [0.2, 0.25) is 11.8 Å². The molecule has 0 aliphatic carbocycles. The molecule has 0 bridgehead atoms. The average Bonchev–Trinajstić information content (AvgIpc) is 3.46. The first kappa shape index (κ1) is 38.8. The molecule has 0 aliphatic rings. The number of nitrogens with zero attached hydrogens (tertiary/aromatic N) is 1. The normalized spacial score (nSPS) is 10.8. The molecule has 248 valence electrons. The van der Waals surface area contributed by atoms with Crippen LogP contribution in [-0.4, -0.2) is 69.7 Å². The molecular formula is C27H28ClF3N6O8S. The minimum atomic E-state index is -5.08. The molecule has 1 heterocycles. The number of nitrogens with one attached hydrogen (secondary N) is 5. The number of benzene rings is 2. The van der Waals surface area contributed by atoms with Gasteiger partial charge in [-0.15, -0.1) is 23.7 Å². The van der Waals surface area contributed by atoms with Gasteiger partial charge in [0.05, 0.1) is 13.0 Å². The van der Waals surface area contributed by atoms with Crippen molar-refractivity contribution < 1.29 is 52.2 Å².